The van der Waals surface area contributed by atoms with Crippen LogP contribution in [0.4, 0.5) is 0 Å². The summed E-state index contributed by atoms with van der Waals surface area (Å²) in [5, 5.41) is 3.49. The normalized spacial score (nSPS) is 15.9. The van der Waals surface area contributed by atoms with Crippen molar-refractivity contribution in [1.29, 1.82) is 0 Å². The maximum absolute atomic E-state index is 12.8. The fourth-order valence-electron chi connectivity index (χ4n) is 3.52. The number of para-hydroxylation sites is 1. The summed E-state index contributed by atoms with van der Waals surface area (Å²) in [6.07, 6.45) is 3.64. The summed E-state index contributed by atoms with van der Waals surface area (Å²) < 4.78 is 1.81. The van der Waals surface area contributed by atoms with E-state index in [1.165, 1.54) is 0 Å². The van der Waals surface area contributed by atoms with Crippen molar-refractivity contribution in [3.05, 3.63) is 53.1 Å². The second-order valence-corrected chi connectivity index (χ2v) is 6.90. The summed E-state index contributed by atoms with van der Waals surface area (Å²) in [4.78, 5) is 31.3. The number of rotatable bonds is 6. The average Bonchev–Trinajstić information content (AvgIpc) is 2.65. The van der Waals surface area contributed by atoms with Crippen molar-refractivity contribution in [1.82, 2.24) is 19.8 Å². The van der Waals surface area contributed by atoms with E-state index in [9.17, 15) is 9.59 Å². The minimum absolute atomic E-state index is 0.0362. The lowest BCUT2D eigenvalue weighted by Gasteiger charge is -2.31. The van der Waals surface area contributed by atoms with Gasteiger partial charge in [0, 0.05) is 13.1 Å². The molecule has 0 bridgehead atoms. The Bertz CT molecular complexity index is 851. The number of benzene rings is 1. The maximum Gasteiger partial charge on any atom is 0.261 e. The molecule has 1 aromatic heterocycles. The summed E-state index contributed by atoms with van der Waals surface area (Å²) in [6.45, 7) is 8.88. The second kappa shape index (κ2) is 8.27. The van der Waals surface area contributed by atoms with Crippen molar-refractivity contribution < 1.29 is 4.79 Å². The molecule has 1 amide bonds. The van der Waals surface area contributed by atoms with E-state index in [0.717, 1.165) is 37.3 Å². The van der Waals surface area contributed by atoms with Crippen molar-refractivity contribution in [2.75, 3.05) is 26.2 Å². The van der Waals surface area contributed by atoms with Gasteiger partial charge in [-0.3, -0.25) is 19.1 Å². The predicted molar refractivity (Wildman–Crippen MR) is 103 cm³/mol. The zero-order valence-corrected chi connectivity index (χ0v) is 15.3. The molecule has 1 N–H and O–H groups in total. The van der Waals surface area contributed by atoms with Crippen LogP contribution in [0.5, 0.6) is 0 Å². The molecule has 0 spiro atoms. The first-order valence-electron chi connectivity index (χ1n) is 9.14. The van der Waals surface area contributed by atoms with Gasteiger partial charge in [-0.2, -0.15) is 0 Å². The molecule has 3 rings (SSSR count). The molecule has 6 nitrogen and oxygen atoms in total. The molecule has 1 saturated heterocycles. The van der Waals surface area contributed by atoms with Crippen molar-refractivity contribution in [3.63, 3.8) is 0 Å². The van der Waals surface area contributed by atoms with Crippen LogP contribution < -0.4 is 10.9 Å². The number of carbonyl (C=O) groups excluding carboxylic acids is 1. The van der Waals surface area contributed by atoms with Crippen LogP contribution in [-0.4, -0.2) is 46.5 Å². The van der Waals surface area contributed by atoms with Gasteiger partial charge in [-0.1, -0.05) is 18.2 Å². The molecule has 2 heterocycles. The summed E-state index contributed by atoms with van der Waals surface area (Å²) in [5.41, 5.74) is 0.797. The minimum Gasteiger partial charge on any atom is -0.352 e. The Kier molecular flexibility index (Phi) is 5.83. The predicted octanol–water partition coefficient (Wildman–Crippen LogP) is 1.72. The number of nitrogens with zero attached hydrogens (tertiary/aromatic N) is 3. The quantitative estimate of drug-likeness (QED) is 0.802. The zero-order chi connectivity index (χ0) is 18.5. The third-order valence-corrected chi connectivity index (χ3v) is 5.01. The van der Waals surface area contributed by atoms with Gasteiger partial charge in [0.1, 0.15) is 5.82 Å². The number of likely N-dealkylation sites (tertiary alicyclic amines) is 1. The van der Waals surface area contributed by atoms with E-state index >= 15 is 0 Å². The van der Waals surface area contributed by atoms with E-state index in [1.807, 2.05) is 31.2 Å². The molecule has 1 aliphatic rings. The molecule has 0 radical (unpaired) electrons. The minimum atomic E-state index is 0.0362. The van der Waals surface area contributed by atoms with E-state index in [-0.39, 0.29) is 11.5 Å². The lowest BCUT2D eigenvalue weighted by molar-refractivity contribution is -0.122. The van der Waals surface area contributed by atoms with Crippen molar-refractivity contribution >= 4 is 16.8 Å². The van der Waals surface area contributed by atoms with E-state index < -0.39 is 0 Å². The van der Waals surface area contributed by atoms with Gasteiger partial charge in [-0.15, -0.1) is 6.58 Å². The van der Waals surface area contributed by atoms with Crippen LogP contribution >= 0.6 is 0 Å². The lowest BCUT2D eigenvalue weighted by Crippen LogP contribution is -2.42. The third kappa shape index (κ3) is 4.19. The lowest BCUT2D eigenvalue weighted by atomic mass is 9.96. The van der Waals surface area contributed by atoms with Gasteiger partial charge in [-0.05, 0) is 50.9 Å². The number of nitrogens with one attached hydrogen (secondary N) is 1. The number of amides is 1. The molecule has 0 atom stereocenters. The topological polar surface area (TPSA) is 67.2 Å². The highest BCUT2D eigenvalue weighted by molar-refractivity contribution is 5.78. The number of hydrogen-bond acceptors (Lipinski definition) is 4. The molecule has 0 aliphatic carbocycles. The first kappa shape index (κ1) is 18.3. The number of aromatic nitrogens is 2. The number of fused-ring (bicyclic) bond motifs is 1. The first-order valence-corrected chi connectivity index (χ1v) is 9.14. The Morgan fingerprint density at radius 1 is 1.35 bits per heavy atom. The molecule has 2 aromatic rings. The molecular formula is C20H26N4O2. The smallest absolute Gasteiger partial charge is 0.261 e. The fraction of sp³-hybridized carbons (Fsp3) is 0.450. The highest BCUT2D eigenvalue weighted by Crippen LogP contribution is 2.19. The summed E-state index contributed by atoms with van der Waals surface area (Å²) in [7, 11) is 0. The molecule has 6 heteroatoms. The Morgan fingerprint density at radius 2 is 2.08 bits per heavy atom. The van der Waals surface area contributed by atoms with Crippen LogP contribution in [0.1, 0.15) is 18.7 Å². The number of aryl methyl sites for hydroxylation is 1. The van der Waals surface area contributed by atoms with Crippen LogP contribution in [0.3, 0.4) is 0 Å². The van der Waals surface area contributed by atoms with E-state index in [4.69, 9.17) is 0 Å². The largest absolute Gasteiger partial charge is 0.352 e. The number of piperidine rings is 1. The van der Waals surface area contributed by atoms with Gasteiger partial charge in [0.2, 0.25) is 5.91 Å². The molecule has 0 saturated carbocycles. The zero-order valence-electron chi connectivity index (χ0n) is 15.3. The molecule has 26 heavy (non-hydrogen) atoms. The van der Waals surface area contributed by atoms with Gasteiger partial charge >= 0.3 is 0 Å². The summed E-state index contributed by atoms with van der Waals surface area (Å²) in [6, 6.07) is 7.50. The average molecular weight is 354 g/mol. The Hall–Kier alpha value is -2.47. The van der Waals surface area contributed by atoms with E-state index in [1.54, 1.807) is 10.6 Å². The highest BCUT2D eigenvalue weighted by Gasteiger charge is 2.22. The fourth-order valence-corrected chi connectivity index (χ4v) is 3.52. The van der Waals surface area contributed by atoms with Crippen LogP contribution in [-0.2, 0) is 11.3 Å². The summed E-state index contributed by atoms with van der Waals surface area (Å²) in [5.74, 6) is 1.23. The molecule has 138 valence electrons. The van der Waals surface area contributed by atoms with Gasteiger partial charge in [0.25, 0.3) is 5.56 Å². The Balaban J connectivity index is 1.61. The molecule has 1 aromatic carbocycles. The first-order chi connectivity index (χ1) is 12.6. The van der Waals surface area contributed by atoms with Crippen LogP contribution in [0.25, 0.3) is 10.9 Å². The maximum atomic E-state index is 12.8. The summed E-state index contributed by atoms with van der Waals surface area (Å²) >= 11 is 0. The second-order valence-electron chi connectivity index (χ2n) is 6.90. The highest BCUT2D eigenvalue weighted by atomic mass is 16.2. The van der Waals surface area contributed by atoms with Crippen molar-refractivity contribution in [2.24, 2.45) is 5.92 Å². The molecule has 1 fully saturated rings. The number of hydrogen-bond donors (Lipinski definition) is 1. The number of carbonyl (C=O) groups is 1. The van der Waals surface area contributed by atoms with Gasteiger partial charge in [0.05, 0.1) is 17.4 Å². The van der Waals surface area contributed by atoms with E-state index in [2.05, 4.69) is 21.8 Å². The van der Waals surface area contributed by atoms with Gasteiger partial charge in [-0.25, -0.2) is 4.98 Å². The Labute approximate surface area is 153 Å². The molecular weight excluding hydrogens is 328 g/mol. The monoisotopic (exact) mass is 354 g/mol. The standard InChI is InChI=1S/C20H26N4O2/c1-3-10-21-19(25)14-23-11-8-16(9-12-23)13-24-15(2)22-18-7-5-4-6-17(18)20(24)26/h3-7,16H,1,8-14H2,2H3,(H,21,25). The van der Waals surface area contributed by atoms with Gasteiger partial charge in [0.15, 0.2) is 0 Å². The molecule has 1 aliphatic heterocycles. The molecule has 0 unspecified atom stereocenters. The van der Waals surface area contributed by atoms with E-state index in [0.29, 0.717) is 30.9 Å². The van der Waals surface area contributed by atoms with Crippen LogP contribution in [0.15, 0.2) is 41.7 Å². The van der Waals surface area contributed by atoms with Crippen LogP contribution in [0, 0.1) is 12.8 Å². The Morgan fingerprint density at radius 3 is 2.81 bits per heavy atom. The van der Waals surface area contributed by atoms with Crippen LogP contribution in [0.2, 0.25) is 0 Å². The SMILES string of the molecule is C=CCNC(=O)CN1CCC(Cn2c(C)nc3ccccc3c2=O)CC1. The third-order valence-electron chi connectivity index (χ3n) is 5.01. The van der Waals surface area contributed by atoms with Crippen molar-refractivity contribution in [3.8, 4) is 0 Å². The van der Waals surface area contributed by atoms with Gasteiger partial charge < -0.3 is 5.32 Å². The van der Waals surface area contributed by atoms with Crippen molar-refractivity contribution in [2.45, 2.75) is 26.3 Å².